The van der Waals surface area contributed by atoms with E-state index in [1.54, 1.807) is 13.0 Å². The molecule has 2 heterocycles. The number of carbonyl (C=O) groups is 2. The minimum atomic E-state index is -1.15. The molecule has 0 aliphatic rings. The van der Waals surface area contributed by atoms with Crippen molar-refractivity contribution in [2.75, 3.05) is 13.7 Å². The molecule has 2 N–H and O–H groups in total. The zero-order valence-corrected chi connectivity index (χ0v) is 13.2. The summed E-state index contributed by atoms with van der Waals surface area (Å²) in [6.45, 7) is 3.40. The van der Waals surface area contributed by atoms with E-state index in [4.69, 9.17) is 14.3 Å². The van der Waals surface area contributed by atoms with Gasteiger partial charge in [0.1, 0.15) is 10.6 Å². The van der Waals surface area contributed by atoms with Crippen molar-refractivity contribution in [2.45, 2.75) is 19.9 Å². The predicted octanol–water partition coefficient (Wildman–Crippen LogP) is 1.85. The van der Waals surface area contributed by atoms with Crippen LogP contribution in [0.5, 0.6) is 0 Å². The van der Waals surface area contributed by atoms with E-state index in [0.29, 0.717) is 21.3 Å². The van der Waals surface area contributed by atoms with Crippen molar-refractivity contribution in [1.82, 2.24) is 10.3 Å². The Hall–Kier alpha value is -2.19. The summed E-state index contributed by atoms with van der Waals surface area (Å²) in [5, 5.41) is 12.0. The van der Waals surface area contributed by atoms with Gasteiger partial charge in [-0.3, -0.25) is 4.79 Å². The normalized spacial score (nSPS) is 12.1. The Morgan fingerprint density at radius 1 is 1.45 bits per heavy atom. The van der Waals surface area contributed by atoms with E-state index < -0.39 is 17.9 Å². The number of aliphatic carboxylic acids is 1. The molecular formula is C14H16N2O5S. The van der Waals surface area contributed by atoms with Gasteiger partial charge in [-0.25, -0.2) is 9.78 Å². The number of aryl methyl sites for hydroxylation is 2. The van der Waals surface area contributed by atoms with Gasteiger partial charge in [-0.1, -0.05) is 0 Å². The number of amides is 1. The van der Waals surface area contributed by atoms with Gasteiger partial charge in [0.15, 0.2) is 16.8 Å². The molecule has 0 saturated carbocycles. The number of hydrogen-bond acceptors (Lipinski definition) is 6. The fourth-order valence-electron chi connectivity index (χ4n) is 1.83. The summed E-state index contributed by atoms with van der Waals surface area (Å²) < 4.78 is 10.3. The Morgan fingerprint density at radius 3 is 2.73 bits per heavy atom. The van der Waals surface area contributed by atoms with Crippen LogP contribution in [0.3, 0.4) is 0 Å². The van der Waals surface area contributed by atoms with Crippen molar-refractivity contribution in [1.29, 1.82) is 0 Å². The van der Waals surface area contributed by atoms with Gasteiger partial charge < -0.3 is 19.6 Å². The Labute approximate surface area is 130 Å². The van der Waals surface area contributed by atoms with Crippen LogP contribution in [-0.4, -0.2) is 41.7 Å². The van der Waals surface area contributed by atoms with E-state index in [1.807, 2.05) is 13.0 Å². The molecule has 7 nitrogen and oxygen atoms in total. The lowest BCUT2D eigenvalue weighted by Crippen LogP contribution is -2.43. The van der Waals surface area contributed by atoms with E-state index in [1.165, 1.54) is 7.11 Å². The number of rotatable bonds is 6. The number of methoxy groups -OCH3 is 1. The van der Waals surface area contributed by atoms with Gasteiger partial charge in [0.25, 0.3) is 5.91 Å². The molecule has 22 heavy (non-hydrogen) atoms. The maximum absolute atomic E-state index is 12.2. The Morgan fingerprint density at radius 2 is 2.18 bits per heavy atom. The standard InChI is InChI=1S/C14H16N2O5S/c1-7-4-5-10(21-7)13-15-8(2)11(22-13)12(17)16-9(6-20-3)14(18)19/h4-5,9H,6H2,1-3H3,(H,16,17)(H,18,19). The van der Waals surface area contributed by atoms with Gasteiger partial charge in [-0.2, -0.15) is 0 Å². The summed E-state index contributed by atoms with van der Waals surface area (Å²) in [5.41, 5.74) is 0.521. The monoisotopic (exact) mass is 324 g/mol. The van der Waals surface area contributed by atoms with Crippen LogP contribution in [0.2, 0.25) is 0 Å². The number of nitrogens with zero attached hydrogens (tertiary/aromatic N) is 1. The number of nitrogens with one attached hydrogen (secondary N) is 1. The molecule has 0 aromatic carbocycles. The van der Waals surface area contributed by atoms with Gasteiger partial charge in [-0.05, 0) is 26.0 Å². The number of thiazole rings is 1. The molecule has 0 spiro atoms. The van der Waals surface area contributed by atoms with Gasteiger partial charge >= 0.3 is 5.97 Å². The van der Waals surface area contributed by atoms with E-state index in [9.17, 15) is 9.59 Å². The molecule has 2 aromatic heterocycles. The first kappa shape index (κ1) is 16.2. The zero-order chi connectivity index (χ0) is 16.3. The highest BCUT2D eigenvalue weighted by molar-refractivity contribution is 7.17. The summed E-state index contributed by atoms with van der Waals surface area (Å²) >= 11 is 1.16. The summed E-state index contributed by atoms with van der Waals surface area (Å²) in [4.78, 5) is 27.9. The summed E-state index contributed by atoms with van der Waals surface area (Å²) in [7, 11) is 1.37. The topological polar surface area (TPSA) is 102 Å². The fraction of sp³-hybridized carbons (Fsp3) is 0.357. The summed E-state index contributed by atoms with van der Waals surface area (Å²) in [5.74, 6) is -0.315. The minimum absolute atomic E-state index is 0.108. The van der Waals surface area contributed by atoms with Crippen molar-refractivity contribution in [3.8, 4) is 10.8 Å². The molecule has 8 heteroatoms. The zero-order valence-electron chi connectivity index (χ0n) is 12.4. The lowest BCUT2D eigenvalue weighted by Gasteiger charge is -2.12. The number of carbonyl (C=O) groups excluding carboxylic acids is 1. The number of carboxylic acids is 1. The molecule has 2 rings (SSSR count). The second kappa shape index (κ2) is 6.71. The third-order valence-corrected chi connectivity index (χ3v) is 4.06. The number of ether oxygens (including phenoxy) is 1. The smallest absolute Gasteiger partial charge is 0.328 e. The highest BCUT2D eigenvalue weighted by Gasteiger charge is 2.24. The lowest BCUT2D eigenvalue weighted by atomic mass is 10.3. The third-order valence-electron chi connectivity index (χ3n) is 2.89. The number of aromatic nitrogens is 1. The number of furan rings is 1. The molecule has 0 bridgehead atoms. The van der Waals surface area contributed by atoms with Crippen LogP contribution in [0, 0.1) is 13.8 Å². The van der Waals surface area contributed by atoms with Crippen molar-refractivity contribution in [3.05, 3.63) is 28.5 Å². The van der Waals surface area contributed by atoms with Gasteiger partial charge in [0.05, 0.1) is 12.3 Å². The maximum atomic E-state index is 12.2. The highest BCUT2D eigenvalue weighted by Crippen LogP contribution is 2.29. The van der Waals surface area contributed by atoms with Crippen LogP contribution in [0.25, 0.3) is 10.8 Å². The average molecular weight is 324 g/mol. The second-order valence-electron chi connectivity index (χ2n) is 4.66. The van der Waals surface area contributed by atoms with Crippen LogP contribution in [0.15, 0.2) is 16.5 Å². The molecule has 1 unspecified atom stereocenters. The minimum Gasteiger partial charge on any atom is -0.480 e. The van der Waals surface area contributed by atoms with Crippen molar-refractivity contribution in [2.24, 2.45) is 0 Å². The quantitative estimate of drug-likeness (QED) is 0.841. The van der Waals surface area contributed by atoms with Crippen LogP contribution in [0.4, 0.5) is 0 Å². The lowest BCUT2D eigenvalue weighted by molar-refractivity contribution is -0.140. The second-order valence-corrected chi connectivity index (χ2v) is 5.66. The van der Waals surface area contributed by atoms with E-state index in [2.05, 4.69) is 10.3 Å². The first-order valence-corrected chi connectivity index (χ1v) is 7.31. The number of hydrogen-bond donors (Lipinski definition) is 2. The van der Waals surface area contributed by atoms with E-state index >= 15 is 0 Å². The first-order chi connectivity index (χ1) is 10.4. The Kier molecular flexibility index (Phi) is 4.94. The molecule has 118 valence electrons. The van der Waals surface area contributed by atoms with Crippen LogP contribution >= 0.6 is 11.3 Å². The van der Waals surface area contributed by atoms with Gasteiger partial charge in [-0.15, -0.1) is 11.3 Å². The van der Waals surface area contributed by atoms with Crippen molar-refractivity contribution < 1.29 is 23.8 Å². The average Bonchev–Trinajstić information content (AvgIpc) is 3.04. The molecule has 0 radical (unpaired) electrons. The SMILES string of the molecule is COCC(NC(=O)c1sc(-c2ccc(C)o2)nc1C)C(=O)O. The van der Waals surface area contributed by atoms with E-state index in [-0.39, 0.29) is 6.61 Å². The molecule has 0 aliphatic heterocycles. The van der Waals surface area contributed by atoms with E-state index in [0.717, 1.165) is 17.1 Å². The predicted molar refractivity (Wildman–Crippen MR) is 80.1 cm³/mol. The molecular weight excluding hydrogens is 308 g/mol. The van der Waals surface area contributed by atoms with Crippen LogP contribution < -0.4 is 5.32 Å². The maximum Gasteiger partial charge on any atom is 0.328 e. The molecule has 1 atom stereocenters. The third kappa shape index (κ3) is 3.52. The largest absolute Gasteiger partial charge is 0.480 e. The Balaban J connectivity index is 2.20. The fourth-order valence-corrected chi connectivity index (χ4v) is 2.76. The summed E-state index contributed by atoms with van der Waals surface area (Å²) in [6, 6.07) is 2.48. The summed E-state index contributed by atoms with van der Waals surface area (Å²) in [6.07, 6.45) is 0. The van der Waals surface area contributed by atoms with Crippen molar-refractivity contribution >= 4 is 23.2 Å². The molecule has 0 fully saturated rings. The van der Waals surface area contributed by atoms with Gasteiger partial charge in [0, 0.05) is 7.11 Å². The molecule has 0 saturated heterocycles. The molecule has 0 aliphatic carbocycles. The first-order valence-electron chi connectivity index (χ1n) is 6.49. The number of carboxylic acid groups (broad SMARTS) is 1. The van der Waals surface area contributed by atoms with Crippen LogP contribution in [-0.2, 0) is 9.53 Å². The molecule has 2 aromatic rings. The van der Waals surface area contributed by atoms with Crippen LogP contribution in [0.1, 0.15) is 21.1 Å². The Bertz CT molecular complexity index is 691. The van der Waals surface area contributed by atoms with Gasteiger partial charge in [0.2, 0.25) is 0 Å². The van der Waals surface area contributed by atoms with Crippen molar-refractivity contribution in [3.63, 3.8) is 0 Å². The molecule has 1 amide bonds. The highest BCUT2D eigenvalue weighted by atomic mass is 32.1.